The first kappa shape index (κ1) is 8.19. The van der Waals surface area contributed by atoms with Crippen LogP contribution < -0.4 is 11.1 Å². The number of aliphatic hydroxyl groups is 1. The van der Waals surface area contributed by atoms with Gasteiger partial charge in [0.25, 0.3) is 0 Å². The van der Waals surface area contributed by atoms with Gasteiger partial charge in [0.15, 0.2) is 0 Å². The second kappa shape index (κ2) is 4.11. The van der Waals surface area contributed by atoms with E-state index in [4.69, 9.17) is 15.9 Å². The minimum absolute atomic E-state index is 0.00810. The molecular weight excluding hydrogens is 124 g/mol. The monoisotopic (exact) mass is 134 g/mol. The lowest BCUT2D eigenvalue weighted by Crippen LogP contribution is -2.35. The average molecular weight is 134 g/mol. The molecule has 0 aliphatic rings. The van der Waals surface area contributed by atoms with E-state index in [1.165, 1.54) is 0 Å². The molecule has 5 nitrogen and oxygen atoms in total. The first-order chi connectivity index (χ1) is 4.16. The van der Waals surface area contributed by atoms with Gasteiger partial charge in [0.2, 0.25) is 0 Å². The first-order valence-corrected chi connectivity index (χ1v) is 2.51. The molecule has 0 fully saturated rings. The Morgan fingerprint density at radius 2 is 2.33 bits per heavy atom. The van der Waals surface area contributed by atoms with Crippen LogP contribution in [0.3, 0.4) is 0 Å². The minimum Gasteiger partial charge on any atom is -0.465 e. The van der Waals surface area contributed by atoms with E-state index in [-0.39, 0.29) is 13.1 Å². The van der Waals surface area contributed by atoms with Crippen LogP contribution >= 0.6 is 0 Å². The highest BCUT2D eigenvalue weighted by atomic mass is 16.4. The fourth-order valence-electron chi connectivity index (χ4n) is 0.288. The van der Waals surface area contributed by atoms with Crippen LogP contribution in [0.15, 0.2) is 0 Å². The number of aliphatic hydroxyl groups excluding tert-OH is 1. The van der Waals surface area contributed by atoms with Crippen LogP contribution in [0, 0.1) is 0 Å². The number of hydrogen-bond acceptors (Lipinski definition) is 3. The number of hydrogen-bond donors (Lipinski definition) is 4. The maximum absolute atomic E-state index is 9.76. The van der Waals surface area contributed by atoms with E-state index < -0.39 is 12.2 Å². The van der Waals surface area contributed by atoms with E-state index in [9.17, 15) is 4.79 Å². The molecule has 0 heterocycles. The summed E-state index contributed by atoms with van der Waals surface area (Å²) in [6, 6.07) is 0. The van der Waals surface area contributed by atoms with E-state index in [0.717, 1.165) is 0 Å². The summed E-state index contributed by atoms with van der Waals surface area (Å²) in [5.74, 6) is 0. The third kappa shape index (κ3) is 5.05. The maximum Gasteiger partial charge on any atom is 0.404 e. The topological polar surface area (TPSA) is 95.6 Å². The molecular formula is C4H10N2O3. The number of rotatable bonds is 3. The highest BCUT2D eigenvalue weighted by Gasteiger charge is 2.00. The van der Waals surface area contributed by atoms with Gasteiger partial charge in [-0.1, -0.05) is 0 Å². The Morgan fingerprint density at radius 3 is 2.67 bits per heavy atom. The lowest BCUT2D eigenvalue weighted by molar-refractivity contribution is 0.162. The third-order valence-corrected chi connectivity index (χ3v) is 0.761. The molecule has 0 aliphatic heterocycles. The summed E-state index contributed by atoms with van der Waals surface area (Å²) in [5, 5.41) is 18.6. The molecule has 9 heavy (non-hydrogen) atoms. The number of nitrogens with one attached hydrogen (secondary N) is 1. The van der Waals surface area contributed by atoms with Gasteiger partial charge in [-0.15, -0.1) is 0 Å². The van der Waals surface area contributed by atoms with Crippen molar-refractivity contribution in [3.05, 3.63) is 0 Å². The largest absolute Gasteiger partial charge is 0.465 e. The molecule has 0 radical (unpaired) electrons. The van der Waals surface area contributed by atoms with Crippen molar-refractivity contribution in [2.24, 2.45) is 5.73 Å². The van der Waals surface area contributed by atoms with E-state index in [1.807, 2.05) is 5.32 Å². The van der Waals surface area contributed by atoms with Crippen LogP contribution in [-0.4, -0.2) is 35.5 Å². The van der Waals surface area contributed by atoms with E-state index >= 15 is 0 Å². The second-order valence-corrected chi connectivity index (χ2v) is 1.58. The zero-order chi connectivity index (χ0) is 7.28. The summed E-state index contributed by atoms with van der Waals surface area (Å²) in [4.78, 5) is 9.76. The van der Waals surface area contributed by atoms with Gasteiger partial charge in [-0.05, 0) is 0 Å². The van der Waals surface area contributed by atoms with Gasteiger partial charge >= 0.3 is 6.09 Å². The van der Waals surface area contributed by atoms with Crippen LogP contribution in [0.5, 0.6) is 0 Å². The molecule has 0 aromatic rings. The fraction of sp³-hybridized carbons (Fsp3) is 0.750. The Labute approximate surface area is 52.5 Å². The molecule has 0 unspecified atom stereocenters. The van der Waals surface area contributed by atoms with Crippen LogP contribution in [0.25, 0.3) is 0 Å². The highest BCUT2D eigenvalue weighted by Crippen LogP contribution is 1.73. The summed E-state index contributed by atoms with van der Waals surface area (Å²) < 4.78 is 0. The van der Waals surface area contributed by atoms with Crippen molar-refractivity contribution < 1.29 is 15.0 Å². The molecule has 5 N–H and O–H groups in total. The third-order valence-electron chi connectivity index (χ3n) is 0.761. The predicted octanol–water partition coefficient (Wildman–Crippen LogP) is -1.43. The van der Waals surface area contributed by atoms with Crippen LogP contribution in [0.4, 0.5) is 4.79 Å². The van der Waals surface area contributed by atoms with Crippen LogP contribution in [0.1, 0.15) is 0 Å². The average Bonchev–Trinajstić information content (AvgIpc) is 1.83. The molecule has 54 valence electrons. The molecule has 0 aromatic heterocycles. The second-order valence-electron chi connectivity index (χ2n) is 1.58. The summed E-state index contributed by atoms with van der Waals surface area (Å²) in [5.41, 5.74) is 4.98. The summed E-state index contributed by atoms with van der Waals surface area (Å²) in [7, 11) is 0. The van der Waals surface area contributed by atoms with Crippen molar-refractivity contribution >= 4 is 6.09 Å². The molecule has 0 aromatic carbocycles. The number of nitrogens with two attached hydrogens (primary N) is 1. The van der Waals surface area contributed by atoms with Crippen molar-refractivity contribution in [1.82, 2.24) is 5.32 Å². The Morgan fingerprint density at radius 1 is 1.78 bits per heavy atom. The van der Waals surface area contributed by atoms with E-state index in [0.29, 0.717) is 0 Å². The lowest BCUT2D eigenvalue weighted by Gasteiger charge is -2.05. The van der Waals surface area contributed by atoms with Crippen LogP contribution in [-0.2, 0) is 0 Å². The molecule has 0 saturated carbocycles. The summed E-state index contributed by atoms with van der Waals surface area (Å²) in [6.45, 7) is 0.0616. The standard InChI is InChI=1S/C4H10N2O3/c5-1-3(7)2-6-4(8)9/h3,6-7H,1-2,5H2,(H,8,9)/t3-/m1/s1. The quantitative estimate of drug-likeness (QED) is 0.380. The molecule has 0 spiro atoms. The van der Waals surface area contributed by atoms with Crippen molar-refractivity contribution in [1.29, 1.82) is 0 Å². The fourth-order valence-corrected chi connectivity index (χ4v) is 0.288. The molecule has 5 heteroatoms. The zero-order valence-corrected chi connectivity index (χ0v) is 4.87. The summed E-state index contributed by atoms with van der Waals surface area (Å²) in [6.07, 6.45) is -1.93. The molecule has 1 amide bonds. The van der Waals surface area contributed by atoms with Gasteiger partial charge in [0.05, 0.1) is 6.10 Å². The smallest absolute Gasteiger partial charge is 0.404 e. The predicted molar refractivity (Wildman–Crippen MR) is 31.1 cm³/mol. The van der Waals surface area contributed by atoms with Gasteiger partial charge in [-0.3, -0.25) is 0 Å². The van der Waals surface area contributed by atoms with Gasteiger partial charge in [-0.25, -0.2) is 4.79 Å². The van der Waals surface area contributed by atoms with Crippen molar-refractivity contribution in [3.63, 3.8) is 0 Å². The molecule has 1 atom stereocenters. The van der Waals surface area contributed by atoms with Gasteiger partial charge < -0.3 is 21.3 Å². The van der Waals surface area contributed by atoms with E-state index in [2.05, 4.69) is 0 Å². The summed E-state index contributed by atoms with van der Waals surface area (Å²) >= 11 is 0. The Balaban J connectivity index is 3.16. The number of amides is 1. The van der Waals surface area contributed by atoms with Gasteiger partial charge in [0, 0.05) is 13.1 Å². The Hall–Kier alpha value is -0.810. The Kier molecular flexibility index (Phi) is 3.74. The maximum atomic E-state index is 9.76. The van der Waals surface area contributed by atoms with E-state index in [1.54, 1.807) is 0 Å². The number of carboxylic acid groups (broad SMARTS) is 1. The van der Waals surface area contributed by atoms with Crippen molar-refractivity contribution in [2.45, 2.75) is 6.10 Å². The Bertz CT molecular complexity index is 95.8. The molecule has 0 saturated heterocycles. The highest BCUT2D eigenvalue weighted by molar-refractivity contribution is 5.64. The molecule has 0 bridgehead atoms. The SMILES string of the molecule is NC[C@@H](O)CNC(=O)O. The van der Waals surface area contributed by atoms with Crippen LogP contribution in [0.2, 0.25) is 0 Å². The first-order valence-electron chi connectivity index (χ1n) is 2.51. The lowest BCUT2D eigenvalue weighted by atomic mass is 10.4. The van der Waals surface area contributed by atoms with Gasteiger partial charge in [-0.2, -0.15) is 0 Å². The minimum atomic E-state index is -1.15. The number of carbonyl (C=O) groups is 1. The van der Waals surface area contributed by atoms with Gasteiger partial charge in [0.1, 0.15) is 0 Å². The van der Waals surface area contributed by atoms with Crippen molar-refractivity contribution in [2.75, 3.05) is 13.1 Å². The normalized spacial score (nSPS) is 12.7. The molecule has 0 rings (SSSR count). The zero-order valence-electron chi connectivity index (χ0n) is 4.87. The molecule has 0 aliphatic carbocycles. The van der Waals surface area contributed by atoms with Crippen molar-refractivity contribution in [3.8, 4) is 0 Å².